The van der Waals surface area contributed by atoms with E-state index < -0.39 is 6.10 Å². The summed E-state index contributed by atoms with van der Waals surface area (Å²) in [5.74, 6) is 0.511. The van der Waals surface area contributed by atoms with Crippen LogP contribution < -0.4 is 10.1 Å². The zero-order chi connectivity index (χ0) is 13.7. The second-order valence-corrected chi connectivity index (χ2v) is 5.13. The number of benzene rings is 1. The highest BCUT2D eigenvalue weighted by atomic mass is 16.5. The van der Waals surface area contributed by atoms with Crippen LogP contribution in [0.25, 0.3) is 0 Å². The Hall–Kier alpha value is -1.55. The van der Waals surface area contributed by atoms with Gasteiger partial charge in [0, 0.05) is 0 Å². The molecule has 4 nitrogen and oxygen atoms in total. The van der Waals surface area contributed by atoms with E-state index in [1.165, 1.54) is 0 Å². The molecule has 1 saturated carbocycles. The first-order chi connectivity index (χ1) is 9.15. The maximum absolute atomic E-state index is 11.7. The number of aryl methyl sites for hydroxylation is 1. The molecule has 1 aromatic carbocycles. The molecule has 104 valence electrons. The first-order valence-corrected chi connectivity index (χ1v) is 6.82. The number of rotatable bonds is 4. The monoisotopic (exact) mass is 263 g/mol. The van der Waals surface area contributed by atoms with Crippen molar-refractivity contribution in [2.45, 2.75) is 44.8 Å². The van der Waals surface area contributed by atoms with Gasteiger partial charge in [-0.15, -0.1) is 0 Å². The van der Waals surface area contributed by atoms with Gasteiger partial charge in [0.15, 0.2) is 6.61 Å². The molecule has 1 fully saturated rings. The largest absolute Gasteiger partial charge is 0.484 e. The predicted octanol–water partition coefficient (Wildman–Crippen LogP) is 1.79. The maximum Gasteiger partial charge on any atom is 0.258 e. The molecule has 0 aliphatic heterocycles. The smallest absolute Gasteiger partial charge is 0.258 e. The molecule has 1 amide bonds. The van der Waals surface area contributed by atoms with Crippen LogP contribution in [0.2, 0.25) is 0 Å². The minimum absolute atomic E-state index is 0.00766. The summed E-state index contributed by atoms with van der Waals surface area (Å²) in [6.45, 7) is 1.99. The standard InChI is InChI=1S/C15H21NO3/c1-11-6-8-12(9-7-11)19-10-15(18)16-13-4-2-3-5-14(13)17/h6-9,13-14,17H,2-5,10H2,1H3,(H,16,18)/t13-,14-/m0/s1. The van der Waals surface area contributed by atoms with Crippen LogP contribution >= 0.6 is 0 Å². The van der Waals surface area contributed by atoms with Crippen molar-refractivity contribution in [3.8, 4) is 5.75 Å². The van der Waals surface area contributed by atoms with E-state index in [0.717, 1.165) is 31.2 Å². The number of amides is 1. The van der Waals surface area contributed by atoms with Crippen LogP contribution in [0.5, 0.6) is 5.75 Å². The normalized spacial score (nSPS) is 22.8. The van der Waals surface area contributed by atoms with Crippen molar-refractivity contribution >= 4 is 5.91 Å². The van der Waals surface area contributed by atoms with Crippen molar-refractivity contribution in [2.24, 2.45) is 0 Å². The third-order valence-electron chi connectivity index (χ3n) is 3.47. The van der Waals surface area contributed by atoms with E-state index in [9.17, 15) is 9.90 Å². The topological polar surface area (TPSA) is 58.6 Å². The Morgan fingerprint density at radius 2 is 2.00 bits per heavy atom. The number of aliphatic hydroxyl groups excluding tert-OH is 1. The Morgan fingerprint density at radius 1 is 1.32 bits per heavy atom. The summed E-state index contributed by atoms with van der Waals surface area (Å²) < 4.78 is 5.41. The molecule has 1 aromatic rings. The van der Waals surface area contributed by atoms with Gasteiger partial charge in [0.05, 0.1) is 12.1 Å². The first-order valence-electron chi connectivity index (χ1n) is 6.82. The van der Waals surface area contributed by atoms with Crippen LogP contribution in [0.4, 0.5) is 0 Å². The molecule has 0 aromatic heterocycles. The average Bonchev–Trinajstić information content (AvgIpc) is 2.41. The molecule has 4 heteroatoms. The fourth-order valence-electron chi connectivity index (χ4n) is 2.31. The van der Waals surface area contributed by atoms with E-state index in [0.29, 0.717) is 5.75 Å². The van der Waals surface area contributed by atoms with Crippen molar-refractivity contribution in [1.29, 1.82) is 0 Å². The summed E-state index contributed by atoms with van der Waals surface area (Å²) in [7, 11) is 0. The highest BCUT2D eigenvalue weighted by Crippen LogP contribution is 2.18. The summed E-state index contributed by atoms with van der Waals surface area (Å²) in [5, 5.41) is 12.6. The lowest BCUT2D eigenvalue weighted by Gasteiger charge is -2.28. The molecule has 1 aliphatic carbocycles. The second-order valence-electron chi connectivity index (χ2n) is 5.13. The van der Waals surface area contributed by atoms with Gasteiger partial charge >= 0.3 is 0 Å². The van der Waals surface area contributed by atoms with Crippen molar-refractivity contribution in [3.05, 3.63) is 29.8 Å². The van der Waals surface area contributed by atoms with Gasteiger partial charge in [-0.25, -0.2) is 0 Å². The van der Waals surface area contributed by atoms with Gasteiger partial charge in [-0.1, -0.05) is 30.5 Å². The van der Waals surface area contributed by atoms with Gasteiger partial charge in [-0.2, -0.15) is 0 Å². The maximum atomic E-state index is 11.7. The Labute approximate surface area is 113 Å². The Kier molecular flexibility index (Phi) is 4.80. The van der Waals surface area contributed by atoms with Gasteiger partial charge in [0.2, 0.25) is 0 Å². The Bertz CT molecular complexity index is 416. The molecule has 0 radical (unpaired) electrons. The summed E-state index contributed by atoms with van der Waals surface area (Å²) in [5.41, 5.74) is 1.15. The van der Waals surface area contributed by atoms with E-state index >= 15 is 0 Å². The van der Waals surface area contributed by atoms with Crippen molar-refractivity contribution in [2.75, 3.05) is 6.61 Å². The number of ether oxygens (including phenoxy) is 1. The fraction of sp³-hybridized carbons (Fsp3) is 0.533. The van der Waals surface area contributed by atoms with Gasteiger partial charge in [-0.05, 0) is 31.9 Å². The Balaban J connectivity index is 1.76. The molecule has 1 aliphatic rings. The Morgan fingerprint density at radius 3 is 2.68 bits per heavy atom. The van der Waals surface area contributed by atoms with Crippen LogP contribution in [0.3, 0.4) is 0 Å². The lowest BCUT2D eigenvalue weighted by Crippen LogP contribution is -2.46. The van der Waals surface area contributed by atoms with Crippen LogP contribution in [-0.4, -0.2) is 29.8 Å². The molecule has 2 rings (SSSR count). The average molecular weight is 263 g/mol. The molecular formula is C15H21NO3. The third kappa shape index (κ3) is 4.24. The van der Waals surface area contributed by atoms with Crippen LogP contribution in [0, 0.1) is 6.92 Å². The minimum atomic E-state index is -0.419. The zero-order valence-corrected chi connectivity index (χ0v) is 11.3. The molecule has 0 bridgehead atoms. The highest BCUT2D eigenvalue weighted by Gasteiger charge is 2.24. The number of hydrogen-bond donors (Lipinski definition) is 2. The quantitative estimate of drug-likeness (QED) is 0.870. The summed E-state index contributed by atoms with van der Waals surface area (Å²) in [4.78, 5) is 11.7. The SMILES string of the molecule is Cc1ccc(OCC(=O)N[C@H]2CCCC[C@@H]2O)cc1. The van der Waals surface area contributed by atoms with Crippen LogP contribution in [0.15, 0.2) is 24.3 Å². The summed E-state index contributed by atoms with van der Waals surface area (Å²) in [6, 6.07) is 7.45. The summed E-state index contributed by atoms with van der Waals surface area (Å²) in [6.07, 6.45) is 3.28. The molecule has 0 unspecified atom stereocenters. The second kappa shape index (κ2) is 6.57. The van der Waals surface area contributed by atoms with E-state index in [1.54, 1.807) is 0 Å². The van der Waals surface area contributed by atoms with Crippen LogP contribution in [-0.2, 0) is 4.79 Å². The molecule has 0 saturated heterocycles. The highest BCUT2D eigenvalue weighted by molar-refractivity contribution is 5.77. The zero-order valence-electron chi connectivity index (χ0n) is 11.3. The molecular weight excluding hydrogens is 242 g/mol. The first kappa shape index (κ1) is 13.9. The van der Waals surface area contributed by atoms with E-state index in [-0.39, 0.29) is 18.6 Å². The van der Waals surface area contributed by atoms with Crippen LogP contribution in [0.1, 0.15) is 31.2 Å². The summed E-state index contributed by atoms with van der Waals surface area (Å²) >= 11 is 0. The van der Waals surface area contributed by atoms with Gasteiger partial charge in [0.1, 0.15) is 5.75 Å². The fourth-order valence-corrected chi connectivity index (χ4v) is 2.31. The number of nitrogens with one attached hydrogen (secondary N) is 1. The van der Waals surface area contributed by atoms with Crippen molar-refractivity contribution in [3.63, 3.8) is 0 Å². The molecule has 2 N–H and O–H groups in total. The van der Waals surface area contributed by atoms with E-state index in [4.69, 9.17) is 4.74 Å². The number of hydrogen-bond acceptors (Lipinski definition) is 3. The third-order valence-corrected chi connectivity index (χ3v) is 3.47. The molecule has 2 atom stereocenters. The van der Waals surface area contributed by atoms with Crippen molar-refractivity contribution in [1.82, 2.24) is 5.32 Å². The van der Waals surface area contributed by atoms with E-state index in [2.05, 4.69) is 5.32 Å². The van der Waals surface area contributed by atoms with Gasteiger partial charge in [-0.3, -0.25) is 4.79 Å². The predicted molar refractivity (Wildman–Crippen MR) is 73.1 cm³/mol. The van der Waals surface area contributed by atoms with Crippen molar-refractivity contribution < 1.29 is 14.6 Å². The number of carbonyl (C=O) groups excluding carboxylic acids is 1. The van der Waals surface area contributed by atoms with Gasteiger partial charge < -0.3 is 15.2 Å². The number of aliphatic hydroxyl groups is 1. The molecule has 0 heterocycles. The molecule has 19 heavy (non-hydrogen) atoms. The molecule has 0 spiro atoms. The lowest BCUT2D eigenvalue weighted by atomic mass is 9.92. The minimum Gasteiger partial charge on any atom is -0.484 e. The van der Waals surface area contributed by atoms with E-state index in [1.807, 2.05) is 31.2 Å². The lowest BCUT2D eigenvalue weighted by molar-refractivity contribution is -0.125. The number of carbonyl (C=O) groups is 1. The van der Waals surface area contributed by atoms with Gasteiger partial charge in [0.25, 0.3) is 5.91 Å².